The molecule has 1 aromatic heterocycles. The first kappa shape index (κ1) is 26.1. The number of hydrogen-bond acceptors (Lipinski definition) is 4. The fraction of sp³-hybridized carbons (Fsp3) is 0.219. The summed E-state index contributed by atoms with van der Waals surface area (Å²) in [5, 5.41) is 10.2. The zero-order valence-electron chi connectivity index (χ0n) is 22.0. The summed E-state index contributed by atoms with van der Waals surface area (Å²) in [6.07, 6.45) is 26.7. The van der Waals surface area contributed by atoms with Crippen LogP contribution in [0.5, 0.6) is 0 Å². The van der Waals surface area contributed by atoms with Crippen molar-refractivity contribution in [2.24, 2.45) is 0 Å². The van der Waals surface area contributed by atoms with Gasteiger partial charge in [0, 0.05) is 24.0 Å². The Morgan fingerprint density at radius 1 is 1.19 bits per heavy atom. The number of aliphatic hydroxyl groups is 1. The van der Waals surface area contributed by atoms with Crippen molar-refractivity contribution in [3.8, 4) is 0 Å². The van der Waals surface area contributed by atoms with E-state index in [-0.39, 0.29) is 18.8 Å². The predicted molar refractivity (Wildman–Crippen MR) is 158 cm³/mol. The highest BCUT2D eigenvalue weighted by Gasteiger charge is 2.44. The highest BCUT2D eigenvalue weighted by Crippen LogP contribution is 2.39. The lowest BCUT2D eigenvalue weighted by Gasteiger charge is -2.31. The van der Waals surface area contributed by atoms with E-state index >= 15 is 0 Å². The number of fused-ring (bicyclic) bond motifs is 2. The van der Waals surface area contributed by atoms with Crippen LogP contribution in [0.15, 0.2) is 144 Å². The van der Waals surface area contributed by atoms with E-state index in [0.29, 0.717) is 0 Å². The normalized spacial score (nSPS) is 28.7. The Kier molecular flexibility index (Phi) is 8.34. The maximum atomic E-state index is 10.2. The van der Waals surface area contributed by atoms with Crippen LogP contribution in [0.1, 0.15) is 33.1 Å². The Balaban J connectivity index is 1.89. The molecule has 1 atom stereocenters. The topological polar surface area (TPSA) is 39.6 Å². The molecule has 1 saturated heterocycles. The Morgan fingerprint density at radius 2 is 2.03 bits per heavy atom. The molecule has 2 aliphatic heterocycles. The smallest absolute Gasteiger partial charge is 0.385 e. The third-order valence-electron chi connectivity index (χ3n) is 7.00. The van der Waals surface area contributed by atoms with E-state index in [9.17, 15) is 5.11 Å². The van der Waals surface area contributed by atoms with Gasteiger partial charge in [-0.2, -0.15) is 0 Å². The molecule has 0 aromatic carbocycles. The Morgan fingerprint density at radius 3 is 2.76 bits per heavy atom. The van der Waals surface area contributed by atoms with E-state index < -0.39 is 0 Å². The summed E-state index contributed by atoms with van der Waals surface area (Å²) >= 11 is 0. The fourth-order valence-corrected chi connectivity index (χ4v) is 5.21. The Labute approximate surface area is 222 Å². The molecule has 0 saturated carbocycles. The lowest BCUT2D eigenvalue weighted by atomic mass is 9.68. The van der Waals surface area contributed by atoms with Crippen LogP contribution in [0.2, 0.25) is 6.32 Å². The third kappa shape index (κ3) is 5.88. The standard InChI is InChI=1S/C32H36BN3O/c1-6-13-30-31(23-26(4)37)36(32-17-9-11-21-34-32)33-20-10-7-8-15-28-16-12-14-24(2)22-29(27(28)5)19-18-25(3)35(30)33/h6-11,13,15,17-19,21-23,25,37H,1-2,4,12,14,16,20H2,3,5H3/b10-7-,15-8-,19-18-,28-27-,29-22+,30-13?,31-23+. The first-order valence-electron chi connectivity index (χ1n) is 12.9. The van der Waals surface area contributed by atoms with Gasteiger partial charge in [-0.25, -0.2) is 4.98 Å². The number of aliphatic hydroxyl groups excluding tert-OH is 1. The average Bonchev–Trinajstić information content (AvgIpc) is 3.16. The molecule has 1 N–H and O–H groups in total. The number of allylic oxidation sites excluding steroid dienone is 13. The molecule has 3 aliphatic rings. The van der Waals surface area contributed by atoms with Crippen LogP contribution in [-0.2, 0) is 0 Å². The number of aromatic nitrogens is 1. The van der Waals surface area contributed by atoms with E-state index in [1.807, 2.05) is 24.3 Å². The molecule has 0 amide bonds. The van der Waals surface area contributed by atoms with Crippen molar-refractivity contribution in [2.75, 3.05) is 4.81 Å². The van der Waals surface area contributed by atoms with Gasteiger partial charge in [-0.05, 0) is 74.4 Å². The van der Waals surface area contributed by atoms with Gasteiger partial charge in [-0.15, -0.1) is 0 Å². The molecular weight excluding hydrogens is 453 g/mol. The second kappa shape index (κ2) is 11.8. The highest BCUT2D eigenvalue weighted by molar-refractivity contribution is 6.64. The van der Waals surface area contributed by atoms with E-state index in [0.717, 1.165) is 48.4 Å². The lowest BCUT2D eigenvalue weighted by Crippen LogP contribution is -2.46. The Bertz CT molecular complexity index is 1280. The largest absolute Gasteiger partial charge is 0.509 e. The van der Waals surface area contributed by atoms with Crippen LogP contribution < -0.4 is 4.81 Å². The van der Waals surface area contributed by atoms with Gasteiger partial charge in [0.1, 0.15) is 11.6 Å². The zero-order chi connectivity index (χ0) is 26.4. The summed E-state index contributed by atoms with van der Waals surface area (Å²) in [7, 11) is 0. The highest BCUT2D eigenvalue weighted by atomic mass is 16.3. The molecule has 2 bridgehead atoms. The molecule has 37 heavy (non-hydrogen) atoms. The molecule has 4 nitrogen and oxygen atoms in total. The summed E-state index contributed by atoms with van der Waals surface area (Å²) in [4.78, 5) is 9.21. The van der Waals surface area contributed by atoms with Gasteiger partial charge in [-0.3, -0.25) is 0 Å². The van der Waals surface area contributed by atoms with Crippen molar-refractivity contribution in [1.29, 1.82) is 0 Å². The molecule has 1 aromatic rings. The monoisotopic (exact) mass is 489 g/mol. The second-order valence-corrected chi connectivity index (χ2v) is 9.64. The average molecular weight is 489 g/mol. The maximum absolute atomic E-state index is 10.2. The number of anilines is 1. The van der Waals surface area contributed by atoms with Crippen LogP contribution in [0.4, 0.5) is 5.82 Å². The van der Waals surface area contributed by atoms with E-state index in [4.69, 9.17) is 0 Å². The van der Waals surface area contributed by atoms with Gasteiger partial charge in [0.15, 0.2) is 0 Å². The van der Waals surface area contributed by atoms with Gasteiger partial charge in [0.2, 0.25) is 0 Å². The minimum atomic E-state index is -0.0663. The summed E-state index contributed by atoms with van der Waals surface area (Å²) in [5.41, 5.74) is 6.82. The SMILES string of the molecule is C=CC=C1/C(=C\C(=C)O)N(c2ccccn2)B2C\C=C/C=C\C3=C(C)\C(=C\C(=C)CCC3)\C=C/C(C)N21. The van der Waals surface area contributed by atoms with Crippen LogP contribution in [0.3, 0.4) is 0 Å². The minimum absolute atomic E-state index is 0.00551. The van der Waals surface area contributed by atoms with Gasteiger partial charge in [-0.1, -0.05) is 80.0 Å². The number of hydrogen-bond donors (Lipinski definition) is 1. The van der Waals surface area contributed by atoms with Gasteiger partial charge in [0.25, 0.3) is 0 Å². The van der Waals surface area contributed by atoms with Crippen molar-refractivity contribution < 1.29 is 5.11 Å². The zero-order valence-corrected chi connectivity index (χ0v) is 22.0. The van der Waals surface area contributed by atoms with Crippen LogP contribution in [-0.4, -0.2) is 27.9 Å². The summed E-state index contributed by atoms with van der Waals surface area (Å²) in [5.74, 6) is 0.804. The predicted octanol–water partition coefficient (Wildman–Crippen LogP) is 7.77. The van der Waals surface area contributed by atoms with Gasteiger partial charge >= 0.3 is 6.98 Å². The summed E-state index contributed by atoms with van der Waals surface area (Å²) in [6, 6.07) is 5.93. The molecule has 1 unspecified atom stereocenters. The molecule has 0 radical (unpaired) electrons. The van der Waals surface area contributed by atoms with Crippen molar-refractivity contribution in [1.82, 2.24) is 9.79 Å². The molecule has 5 heteroatoms. The number of rotatable bonds is 3. The maximum Gasteiger partial charge on any atom is 0.385 e. The van der Waals surface area contributed by atoms with Crippen molar-refractivity contribution >= 4 is 12.8 Å². The summed E-state index contributed by atoms with van der Waals surface area (Å²) < 4.78 is 0. The molecule has 188 valence electrons. The number of nitrogens with zero attached hydrogens (tertiary/aromatic N) is 3. The first-order valence-corrected chi connectivity index (χ1v) is 12.9. The van der Waals surface area contributed by atoms with Crippen molar-refractivity contribution in [2.45, 2.75) is 45.5 Å². The molecular formula is C32H36BN3O. The quantitative estimate of drug-likeness (QED) is 0.348. The summed E-state index contributed by atoms with van der Waals surface area (Å²) in [6.45, 7) is 16.4. The van der Waals surface area contributed by atoms with Crippen LogP contribution in [0.25, 0.3) is 0 Å². The molecule has 4 rings (SSSR count). The second-order valence-electron chi connectivity index (χ2n) is 9.64. The van der Waals surface area contributed by atoms with E-state index in [1.54, 1.807) is 18.3 Å². The van der Waals surface area contributed by atoms with Gasteiger partial charge < -0.3 is 14.7 Å². The first-order chi connectivity index (χ1) is 17.9. The van der Waals surface area contributed by atoms with E-state index in [2.05, 4.69) is 90.7 Å². The third-order valence-corrected chi connectivity index (χ3v) is 7.00. The van der Waals surface area contributed by atoms with Crippen molar-refractivity contribution in [3.05, 3.63) is 144 Å². The number of pyridine rings is 1. The molecule has 1 fully saturated rings. The molecule has 3 heterocycles. The lowest BCUT2D eigenvalue weighted by molar-refractivity contribution is 0.434. The molecule has 1 aliphatic carbocycles. The Hall–Kier alpha value is -3.99. The minimum Gasteiger partial charge on any atom is -0.509 e. The van der Waals surface area contributed by atoms with Crippen LogP contribution >= 0.6 is 0 Å². The molecule has 0 spiro atoms. The van der Waals surface area contributed by atoms with Crippen LogP contribution in [0, 0.1) is 0 Å². The van der Waals surface area contributed by atoms with Crippen molar-refractivity contribution in [3.63, 3.8) is 0 Å². The van der Waals surface area contributed by atoms with E-state index in [1.165, 1.54) is 16.7 Å². The fourth-order valence-electron chi connectivity index (χ4n) is 5.21. The van der Waals surface area contributed by atoms with Gasteiger partial charge in [0.05, 0.1) is 5.70 Å².